The van der Waals surface area contributed by atoms with Crippen LogP contribution < -0.4 is 10.2 Å². The minimum atomic E-state index is -0.763. The Morgan fingerprint density at radius 3 is 2.52 bits per heavy atom. The summed E-state index contributed by atoms with van der Waals surface area (Å²) in [6, 6.07) is 3.33. The van der Waals surface area contributed by atoms with Gasteiger partial charge in [-0.05, 0) is 43.7 Å². The lowest BCUT2D eigenvalue weighted by atomic mass is 9.85. The number of pyridine rings is 1. The summed E-state index contributed by atoms with van der Waals surface area (Å²) in [5.74, 6) is 0.916. The SMILES string of the molecule is CC(C)CN1C(=O)NC(=O)C12CCN(c1cc(C(=O)N3CCCC3)ccn1)CC2. The number of carbonyl (C=O) groups excluding carboxylic acids is 3. The molecule has 0 aliphatic carbocycles. The molecular formula is C21H29N5O3. The molecule has 4 amide bonds. The molecule has 8 heteroatoms. The summed E-state index contributed by atoms with van der Waals surface area (Å²) >= 11 is 0. The standard InChI is InChI=1S/C21H29N5O3/c1-15(2)14-26-20(29)23-19(28)21(26)6-11-24(12-7-21)17-13-16(5-8-22-17)18(27)25-9-3-4-10-25/h5,8,13,15H,3-4,6-7,9-12,14H2,1-2H3,(H,23,28,29). The van der Waals surface area contributed by atoms with Gasteiger partial charge in [0.15, 0.2) is 0 Å². The maximum atomic E-state index is 12.7. The van der Waals surface area contributed by atoms with Gasteiger partial charge < -0.3 is 14.7 Å². The first-order valence-corrected chi connectivity index (χ1v) is 10.5. The number of hydrogen-bond donors (Lipinski definition) is 1. The molecule has 0 unspecified atom stereocenters. The van der Waals surface area contributed by atoms with Crippen molar-refractivity contribution in [1.82, 2.24) is 20.1 Å². The highest BCUT2D eigenvalue weighted by molar-refractivity contribution is 6.07. The van der Waals surface area contributed by atoms with E-state index >= 15 is 0 Å². The second kappa shape index (κ2) is 7.65. The topological polar surface area (TPSA) is 85.8 Å². The number of urea groups is 1. The Kier molecular flexibility index (Phi) is 5.19. The van der Waals surface area contributed by atoms with E-state index in [2.05, 4.69) is 15.2 Å². The molecule has 4 heterocycles. The predicted octanol–water partition coefficient (Wildman–Crippen LogP) is 1.86. The van der Waals surface area contributed by atoms with Crippen LogP contribution in [0.2, 0.25) is 0 Å². The minimum absolute atomic E-state index is 0.0588. The quantitative estimate of drug-likeness (QED) is 0.781. The van der Waals surface area contributed by atoms with Crippen LogP contribution in [0.15, 0.2) is 18.3 Å². The van der Waals surface area contributed by atoms with Crippen LogP contribution in [0, 0.1) is 5.92 Å². The minimum Gasteiger partial charge on any atom is -0.356 e. The van der Waals surface area contributed by atoms with Crippen molar-refractivity contribution in [1.29, 1.82) is 0 Å². The Morgan fingerprint density at radius 1 is 1.17 bits per heavy atom. The molecule has 3 aliphatic heterocycles. The van der Waals surface area contributed by atoms with Gasteiger partial charge in [0.2, 0.25) is 0 Å². The summed E-state index contributed by atoms with van der Waals surface area (Å²) in [7, 11) is 0. The first-order valence-electron chi connectivity index (χ1n) is 10.5. The fraction of sp³-hybridized carbons (Fsp3) is 0.619. The molecule has 8 nitrogen and oxygen atoms in total. The number of rotatable bonds is 4. The van der Waals surface area contributed by atoms with E-state index < -0.39 is 5.54 Å². The highest BCUT2D eigenvalue weighted by atomic mass is 16.2. The van der Waals surface area contributed by atoms with E-state index in [0.29, 0.717) is 38.0 Å². The van der Waals surface area contributed by atoms with Crippen LogP contribution in [0.4, 0.5) is 10.6 Å². The molecule has 1 aromatic heterocycles. The van der Waals surface area contributed by atoms with Gasteiger partial charge in [-0.3, -0.25) is 14.9 Å². The van der Waals surface area contributed by atoms with Crippen molar-refractivity contribution < 1.29 is 14.4 Å². The van der Waals surface area contributed by atoms with Gasteiger partial charge in [0.05, 0.1) is 0 Å². The first kappa shape index (κ1) is 19.7. The van der Waals surface area contributed by atoms with E-state index in [0.717, 1.165) is 31.7 Å². The lowest BCUT2D eigenvalue weighted by Crippen LogP contribution is -2.57. The van der Waals surface area contributed by atoms with E-state index in [-0.39, 0.29) is 23.8 Å². The van der Waals surface area contributed by atoms with Crippen LogP contribution in [-0.4, -0.2) is 70.9 Å². The summed E-state index contributed by atoms with van der Waals surface area (Å²) < 4.78 is 0. The molecular weight excluding hydrogens is 370 g/mol. The van der Waals surface area contributed by atoms with Crippen molar-refractivity contribution >= 4 is 23.7 Å². The average Bonchev–Trinajstić information content (AvgIpc) is 3.32. The number of carbonyl (C=O) groups is 3. The van der Waals surface area contributed by atoms with Gasteiger partial charge in [0, 0.05) is 44.5 Å². The Hall–Kier alpha value is -2.64. The summed E-state index contributed by atoms with van der Waals surface area (Å²) in [5.41, 5.74) is -0.103. The molecule has 3 fully saturated rings. The Labute approximate surface area is 171 Å². The number of amides is 4. The monoisotopic (exact) mass is 399 g/mol. The van der Waals surface area contributed by atoms with E-state index in [4.69, 9.17) is 0 Å². The lowest BCUT2D eigenvalue weighted by molar-refractivity contribution is -0.127. The maximum Gasteiger partial charge on any atom is 0.325 e. The van der Waals surface area contributed by atoms with Crippen molar-refractivity contribution in [3.05, 3.63) is 23.9 Å². The summed E-state index contributed by atoms with van der Waals surface area (Å²) in [6.07, 6.45) is 4.92. The molecule has 0 aromatic carbocycles. The van der Waals surface area contributed by atoms with E-state index in [1.165, 1.54) is 0 Å². The Morgan fingerprint density at radius 2 is 1.86 bits per heavy atom. The molecule has 0 radical (unpaired) electrons. The molecule has 0 atom stereocenters. The van der Waals surface area contributed by atoms with Gasteiger partial charge in [0.25, 0.3) is 11.8 Å². The van der Waals surface area contributed by atoms with Crippen LogP contribution >= 0.6 is 0 Å². The van der Waals surface area contributed by atoms with Crippen molar-refractivity contribution in [2.24, 2.45) is 5.92 Å². The molecule has 0 saturated carbocycles. The van der Waals surface area contributed by atoms with E-state index in [1.807, 2.05) is 24.8 Å². The fourth-order valence-corrected chi connectivity index (χ4v) is 4.65. The van der Waals surface area contributed by atoms with Crippen LogP contribution in [0.1, 0.15) is 49.9 Å². The largest absolute Gasteiger partial charge is 0.356 e. The van der Waals surface area contributed by atoms with Crippen molar-refractivity contribution in [2.45, 2.75) is 45.1 Å². The summed E-state index contributed by atoms with van der Waals surface area (Å²) in [5, 5.41) is 2.51. The van der Waals surface area contributed by atoms with Crippen LogP contribution in [0.3, 0.4) is 0 Å². The molecule has 156 valence electrons. The van der Waals surface area contributed by atoms with Crippen molar-refractivity contribution in [3.63, 3.8) is 0 Å². The predicted molar refractivity (Wildman–Crippen MR) is 109 cm³/mol. The molecule has 29 heavy (non-hydrogen) atoms. The second-order valence-corrected chi connectivity index (χ2v) is 8.68. The van der Waals surface area contributed by atoms with Gasteiger partial charge >= 0.3 is 6.03 Å². The van der Waals surface area contributed by atoms with Gasteiger partial charge in [-0.2, -0.15) is 0 Å². The maximum absolute atomic E-state index is 12.7. The third-order valence-corrected chi connectivity index (χ3v) is 6.25. The number of nitrogens with zero attached hydrogens (tertiary/aromatic N) is 4. The van der Waals surface area contributed by atoms with E-state index in [1.54, 1.807) is 17.2 Å². The van der Waals surface area contributed by atoms with Gasteiger partial charge in [0.1, 0.15) is 11.4 Å². The van der Waals surface area contributed by atoms with Crippen LogP contribution in [0.5, 0.6) is 0 Å². The zero-order valence-electron chi connectivity index (χ0n) is 17.2. The molecule has 1 spiro atoms. The second-order valence-electron chi connectivity index (χ2n) is 8.68. The molecule has 3 saturated heterocycles. The number of nitrogens with one attached hydrogen (secondary N) is 1. The van der Waals surface area contributed by atoms with E-state index in [9.17, 15) is 14.4 Å². The highest BCUT2D eigenvalue weighted by Crippen LogP contribution is 2.35. The van der Waals surface area contributed by atoms with Crippen molar-refractivity contribution in [3.8, 4) is 0 Å². The van der Waals surface area contributed by atoms with Gasteiger partial charge in [-0.1, -0.05) is 13.8 Å². The zero-order chi connectivity index (χ0) is 20.6. The molecule has 1 N–H and O–H groups in total. The first-order chi connectivity index (χ1) is 13.9. The van der Waals surface area contributed by atoms with Crippen LogP contribution in [0.25, 0.3) is 0 Å². The number of anilines is 1. The van der Waals surface area contributed by atoms with Gasteiger partial charge in [-0.25, -0.2) is 9.78 Å². The number of hydrogen-bond acceptors (Lipinski definition) is 5. The average molecular weight is 399 g/mol. The Bertz CT molecular complexity index is 810. The smallest absolute Gasteiger partial charge is 0.325 e. The fourth-order valence-electron chi connectivity index (χ4n) is 4.65. The molecule has 1 aromatic rings. The summed E-state index contributed by atoms with van der Waals surface area (Å²) in [6.45, 7) is 7.52. The lowest BCUT2D eigenvalue weighted by Gasteiger charge is -2.43. The Balaban J connectivity index is 1.48. The normalized spacial score (nSPS) is 21.4. The third-order valence-electron chi connectivity index (χ3n) is 6.25. The highest BCUT2D eigenvalue weighted by Gasteiger charge is 2.54. The molecule has 3 aliphatic rings. The number of likely N-dealkylation sites (tertiary alicyclic amines) is 1. The van der Waals surface area contributed by atoms with Crippen LogP contribution in [-0.2, 0) is 4.79 Å². The third kappa shape index (κ3) is 3.56. The molecule has 0 bridgehead atoms. The zero-order valence-corrected chi connectivity index (χ0v) is 17.2. The summed E-state index contributed by atoms with van der Waals surface area (Å²) in [4.78, 5) is 47.8. The number of aromatic nitrogens is 1. The number of imide groups is 1. The number of piperidine rings is 1. The van der Waals surface area contributed by atoms with Crippen molar-refractivity contribution in [2.75, 3.05) is 37.6 Å². The molecule has 4 rings (SSSR count). The van der Waals surface area contributed by atoms with Gasteiger partial charge in [-0.15, -0.1) is 0 Å².